The first-order valence-electron chi connectivity index (χ1n) is 6.25. The minimum Gasteiger partial charge on any atom is -0.354 e. The van der Waals surface area contributed by atoms with Crippen molar-refractivity contribution in [2.75, 3.05) is 44.2 Å². The fourth-order valence-corrected chi connectivity index (χ4v) is 2.13. The maximum Gasteiger partial charge on any atom is 0.132 e. The third-order valence-electron chi connectivity index (χ3n) is 3.16. The van der Waals surface area contributed by atoms with E-state index in [2.05, 4.69) is 25.8 Å². The van der Waals surface area contributed by atoms with Crippen molar-refractivity contribution < 1.29 is 0 Å². The second-order valence-electron chi connectivity index (χ2n) is 4.49. The van der Waals surface area contributed by atoms with Crippen molar-refractivity contribution in [2.45, 2.75) is 13.3 Å². The van der Waals surface area contributed by atoms with Gasteiger partial charge in [-0.2, -0.15) is 0 Å². The largest absolute Gasteiger partial charge is 0.354 e. The van der Waals surface area contributed by atoms with Crippen LogP contribution in [0.2, 0.25) is 0 Å². The maximum atomic E-state index is 5.53. The van der Waals surface area contributed by atoms with Crippen molar-refractivity contribution in [1.29, 1.82) is 0 Å². The van der Waals surface area contributed by atoms with E-state index in [1.165, 1.54) is 0 Å². The van der Waals surface area contributed by atoms with Gasteiger partial charge in [-0.05, 0) is 26.4 Å². The highest BCUT2D eigenvalue weighted by Gasteiger charge is 2.17. The molecule has 0 spiro atoms. The Hall–Kier alpha value is -1.20. The van der Waals surface area contributed by atoms with E-state index in [1.807, 2.05) is 6.92 Å². The van der Waals surface area contributed by atoms with E-state index in [1.54, 1.807) is 6.33 Å². The lowest BCUT2D eigenvalue weighted by molar-refractivity contribution is 0.256. The molecular weight excluding hydrogens is 214 g/mol. The number of hydrogen-bond acceptors (Lipinski definition) is 5. The van der Waals surface area contributed by atoms with E-state index in [0.717, 1.165) is 57.2 Å². The molecule has 0 amide bonds. The fourth-order valence-electron chi connectivity index (χ4n) is 2.13. The van der Waals surface area contributed by atoms with Gasteiger partial charge in [-0.25, -0.2) is 9.97 Å². The Morgan fingerprint density at radius 2 is 2.00 bits per heavy atom. The van der Waals surface area contributed by atoms with Gasteiger partial charge in [-0.3, -0.25) is 4.90 Å². The van der Waals surface area contributed by atoms with Crippen LogP contribution in [0.4, 0.5) is 5.82 Å². The summed E-state index contributed by atoms with van der Waals surface area (Å²) < 4.78 is 0. The van der Waals surface area contributed by atoms with Gasteiger partial charge in [0.2, 0.25) is 0 Å². The average molecular weight is 235 g/mol. The molecule has 0 radical (unpaired) electrons. The topological polar surface area (TPSA) is 58.3 Å². The molecule has 17 heavy (non-hydrogen) atoms. The second kappa shape index (κ2) is 5.93. The summed E-state index contributed by atoms with van der Waals surface area (Å²) in [5.41, 5.74) is 6.55. The lowest BCUT2D eigenvalue weighted by Gasteiger charge is -2.35. The van der Waals surface area contributed by atoms with Crippen LogP contribution in [0.15, 0.2) is 12.4 Å². The summed E-state index contributed by atoms with van der Waals surface area (Å²) in [6.07, 6.45) is 2.73. The van der Waals surface area contributed by atoms with Crippen LogP contribution in [0.3, 0.4) is 0 Å². The number of anilines is 1. The first-order valence-corrected chi connectivity index (χ1v) is 6.25. The zero-order chi connectivity index (χ0) is 12.1. The highest BCUT2D eigenvalue weighted by molar-refractivity contribution is 5.39. The standard InChI is InChI=1S/C12H21N5/c1-11-9-12(15-10-14-11)17-7-5-16(6-8-17)4-2-3-13/h9-10H,2-8,13H2,1H3. The monoisotopic (exact) mass is 235 g/mol. The van der Waals surface area contributed by atoms with E-state index < -0.39 is 0 Å². The molecule has 1 saturated heterocycles. The summed E-state index contributed by atoms with van der Waals surface area (Å²) in [6.45, 7) is 8.19. The summed E-state index contributed by atoms with van der Waals surface area (Å²) in [5.74, 6) is 1.05. The van der Waals surface area contributed by atoms with Gasteiger partial charge in [-0.1, -0.05) is 0 Å². The Labute approximate surface area is 103 Å². The van der Waals surface area contributed by atoms with Crippen LogP contribution in [-0.4, -0.2) is 54.1 Å². The first-order chi connectivity index (χ1) is 8.29. The Morgan fingerprint density at radius 3 is 2.65 bits per heavy atom. The minimum atomic E-state index is 0.783. The number of rotatable bonds is 4. The fraction of sp³-hybridized carbons (Fsp3) is 0.667. The van der Waals surface area contributed by atoms with Crippen LogP contribution in [0, 0.1) is 6.92 Å². The number of piperazine rings is 1. The molecule has 2 rings (SSSR count). The van der Waals surface area contributed by atoms with Crippen molar-refractivity contribution >= 4 is 5.82 Å². The second-order valence-corrected chi connectivity index (χ2v) is 4.49. The quantitative estimate of drug-likeness (QED) is 0.811. The summed E-state index contributed by atoms with van der Waals surface area (Å²) in [6, 6.07) is 2.05. The molecule has 0 atom stereocenters. The van der Waals surface area contributed by atoms with Gasteiger partial charge in [0.15, 0.2) is 0 Å². The van der Waals surface area contributed by atoms with Gasteiger partial charge < -0.3 is 10.6 Å². The normalized spacial score (nSPS) is 17.4. The molecule has 1 aromatic heterocycles. The highest BCUT2D eigenvalue weighted by atomic mass is 15.3. The molecule has 0 saturated carbocycles. The third kappa shape index (κ3) is 3.38. The molecular formula is C12H21N5. The van der Waals surface area contributed by atoms with Crippen LogP contribution in [0.25, 0.3) is 0 Å². The molecule has 1 aliphatic heterocycles. The SMILES string of the molecule is Cc1cc(N2CCN(CCCN)CC2)ncn1. The van der Waals surface area contributed by atoms with Crippen molar-refractivity contribution in [3.05, 3.63) is 18.1 Å². The zero-order valence-corrected chi connectivity index (χ0v) is 10.5. The van der Waals surface area contributed by atoms with Gasteiger partial charge in [0.25, 0.3) is 0 Å². The number of nitrogens with two attached hydrogens (primary N) is 1. The third-order valence-corrected chi connectivity index (χ3v) is 3.16. The summed E-state index contributed by atoms with van der Waals surface area (Å²) >= 11 is 0. The summed E-state index contributed by atoms with van der Waals surface area (Å²) in [4.78, 5) is 13.3. The number of nitrogens with zero attached hydrogens (tertiary/aromatic N) is 4. The summed E-state index contributed by atoms with van der Waals surface area (Å²) in [5, 5.41) is 0. The molecule has 5 nitrogen and oxygen atoms in total. The molecule has 94 valence electrons. The lowest BCUT2D eigenvalue weighted by Crippen LogP contribution is -2.47. The van der Waals surface area contributed by atoms with Gasteiger partial charge in [-0.15, -0.1) is 0 Å². The van der Waals surface area contributed by atoms with Crippen molar-refractivity contribution in [2.24, 2.45) is 5.73 Å². The van der Waals surface area contributed by atoms with Crippen LogP contribution in [0.5, 0.6) is 0 Å². The molecule has 0 bridgehead atoms. The number of aromatic nitrogens is 2. The van der Waals surface area contributed by atoms with Crippen molar-refractivity contribution in [1.82, 2.24) is 14.9 Å². The smallest absolute Gasteiger partial charge is 0.132 e. The van der Waals surface area contributed by atoms with E-state index in [0.29, 0.717) is 0 Å². The lowest BCUT2D eigenvalue weighted by atomic mass is 10.3. The van der Waals surface area contributed by atoms with Gasteiger partial charge in [0.1, 0.15) is 12.1 Å². The molecule has 5 heteroatoms. The van der Waals surface area contributed by atoms with Gasteiger partial charge >= 0.3 is 0 Å². The van der Waals surface area contributed by atoms with E-state index >= 15 is 0 Å². The van der Waals surface area contributed by atoms with Crippen LogP contribution >= 0.6 is 0 Å². The maximum absolute atomic E-state index is 5.53. The molecule has 1 aromatic rings. The Bertz CT molecular complexity index is 347. The number of aryl methyl sites for hydroxylation is 1. The molecule has 1 aliphatic rings. The van der Waals surface area contributed by atoms with Crippen molar-refractivity contribution in [3.63, 3.8) is 0 Å². The van der Waals surface area contributed by atoms with Gasteiger partial charge in [0, 0.05) is 37.9 Å². The Balaban J connectivity index is 1.86. The minimum absolute atomic E-state index is 0.783. The molecule has 0 aromatic carbocycles. The summed E-state index contributed by atoms with van der Waals surface area (Å²) in [7, 11) is 0. The van der Waals surface area contributed by atoms with E-state index in [-0.39, 0.29) is 0 Å². The van der Waals surface area contributed by atoms with E-state index in [9.17, 15) is 0 Å². The average Bonchev–Trinajstić information content (AvgIpc) is 2.37. The molecule has 0 aliphatic carbocycles. The van der Waals surface area contributed by atoms with Gasteiger partial charge in [0.05, 0.1) is 0 Å². The predicted molar refractivity (Wildman–Crippen MR) is 69.1 cm³/mol. The Morgan fingerprint density at radius 1 is 1.24 bits per heavy atom. The first kappa shape index (κ1) is 12.3. The van der Waals surface area contributed by atoms with Crippen LogP contribution < -0.4 is 10.6 Å². The number of hydrogen-bond donors (Lipinski definition) is 1. The zero-order valence-electron chi connectivity index (χ0n) is 10.5. The molecule has 2 N–H and O–H groups in total. The van der Waals surface area contributed by atoms with Crippen LogP contribution in [0.1, 0.15) is 12.1 Å². The highest BCUT2D eigenvalue weighted by Crippen LogP contribution is 2.13. The van der Waals surface area contributed by atoms with Crippen LogP contribution in [-0.2, 0) is 0 Å². The van der Waals surface area contributed by atoms with Crippen molar-refractivity contribution in [3.8, 4) is 0 Å². The molecule has 2 heterocycles. The predicted octanol–water partition coefficient (Wildman–Crippen LogP) is 0.256. The Kier molecular flexibility index (Phi) is 4.28. The molecule has 0 unspecified atom stereocenters. The van der Waals surface area contributed by atoms with E-state index in [4.69, 9.17) is 5.73 Å². The molecule has 1 fully saturated rings.